The fraction of sp³-hybridized carbons (Fsp3) is 0.357. The van der Waals surface area contributed by atoms with Gasteiger partial charge in [-0.1, -0.05) is 30.3 Å². The minimum absolute atomic E-state index is 0.0308. The average molecular weight is 591 g/mol. The van der Waals surface area contributed by atoms with Gasteiger partial charge in [0.1, 0.15) is 12.1 Å². The molecule has 0 bridgehead atoms. The van der Waals surface area contributed by atoms with Gasteiger partial charge in [0.2, 0.25) is 17.7 Å². The molecule has 1 aliphatic rings. The Morgan fingerprint density at radius 3 is 2.46 bits per heavy atom. The number of pyridine rings is 1. The van der Waals surface area contributed by atoms with E-state index in [0.717, 1.165) is 23.0 Å². The van der Waals surface area contributed by atoms with Crippen LogP contribution in [0.15, 0.2) is 60.8 Å². The molecule has 1 aromatic heterocycles. The first-order valence-electron chi connectivity index (χ1n) is 13.0. The molecule has 218 valence electrons. The van der Waals surface area contributed by atoms with Gasteiger partial charge in [0.15, 0.2) is 0 Å². The number of carbonyl (C=O) groups excluding carboxylic acids is 3. The van der Waals surface area contributed by atoms with Crippen molar-refractivity contribution in [1.29, 1.82) is 0 Å². The fourth-order valence-corrected chi connectivity index (χ4v) is 4.80. The lowest BCUT2D eigenvalue weighted by molar-refractivity contribution is -0.137. The molecule has 1 saturated heterocycles. The third-order valence-electron chi connectivity index (χ3n) is 6.88. The molecule has 0 aliphatic carbocycles. The van der Waals surface area contributed by atoms with E-state index in [2.05, 4.69) is 20.5 Å². The monoisotopic (exact) mass is 590 g/mol. The number of halogens is 4. The zero-order chi connectivity index (χ0) is 29.6. The van der Waals surface area contributed by atoms with Gasteiger partial charge in [0.25, 0.3) is 0 Å². The van der Waals surface area contributed by atoms with Crippen molar-refractivity contribution in [2.75, 3.05) is 18.4 Å². The molecular weight excluding hydrogens is 561 g/mol. The number of aromatic nitrogens is 1. The van der Waals surface area contributed by atoms with E-state index >= 15 is 0 Å². The first-order chi connectivity index (χ1) is 19.5. The van der Waals surface area contributed by atoms with E-state index in [1.54, 1.807) is 11.0 Å². The van der Waals surface area contributed by atoms with Crippen molar-refractivity contribution in [3.63, 3.8) is 0 Å². The molecule has 1 aliphatic heterocycles. The molecular formula is C28H30ClF3N6O3. The highest BCUT2D eigenvalue weighted by Crippen LogP contribution is 2.29. The van der Waals surface area contributed by atoms with Crippen LogP contribution in [0.25, 0.3) is 10.9 Å². The molecule has 3 amide bonds. The van der Waals surface area contributed by atoms with Gasteiger partial charge in [-0.05, 0) is 54.4 Å². The van der Waals surface area contributed by atoms with Crippen molar-refractivity contribution in [2.24, 2.45) is 5.73 Å². The van der Waals surface area contributed by atoms with E-state index in [4.69, 9.17) is 17.5 Å². The van der Waals surface area contributed by atoms with Crippen LogP contribution in [-0.4, -0.2) is 58.8 Å². The standard InChI is InChI=1S/C28H30ClF3N6O3/c29-37-23(9-10-25(39)38-12-11-20(33)16-38)26(40)36-24(13-17-5-7-19(8-6-17)28(30,31)32)27(41)35-21-14-18-3-1-2-4-22(18)34-15-21/h1-8,14-15,20,23-24,37H,9-13,16,33H2,(H,35,41)(H,36,40). The van der Waals surface area contributed by atoms with Crippen LogP contribution in [0.2, 0.25) is 0 Å². The average Bonchev–Trinajstić information content (AvgIpc) is 3.39. The lowest BCUT2D eigenvalue weighted by atomic mass is 10.0. The second-order valence-electron chi connectivity index (χ2n) is 9.95. The number of hydrogen-bond acceptors (Lipinski definition) is 6. The lowest BCUT2D eigenvalue weighted by Gasteiger charge is -2.23. The van der Waals surface area contributed by atoms with Gasteiger partial charge in [-0.25, -0.2) is 4.84 Å². The van der Waals surface area contributed by atoms with Gasteiger partial charge in [0, 0.05) is 37.4 Å². The second kappa shape index (κ2) is 13.3. The number of carbonyl (C=O) groups is 3. The number of para-hydroxylation sites is 1. The highest BCUT2D eigenvalue weighted by Gasteiger charge is 2.31. The summed E-state index contributed by atoms with van der Waals surface area (Å²) in [5.41, 5.74) is 6.53. The molecule has 41 heavy (non-hydrogen) atoms. The number of nitrogens with zero attached hydrogens (tertiary/aromatic N) is 2. The number of fused-ring (bicyclic) bond motifs is 1. The SMILES string of the molecule is NC1CCN(C(=O)CCC(NCl)C(=O)NC(Cc2ccc(C(F)(F)F)cc2)C(=O)Nc2cnc3ccccc3c2)C1. The Labute approximate surface area is 239 Å². The van der Waals surface area contributed by atoms with Gasteiger partial charge in [0.05, 0.1) is 23.0 Å². The van der Waals surface area contributed by atoms with Gasteiger partial charge in [-0.2, -0.15) is 13.2 Å². The van der Waals surface area contributed by atoms with Crippen molar-refractivity contribution in [1.82, 2.24) is 20.0 Å². The predicted octanol–water partition coefficient (Wildman–Crippen LogP) is 3.37. The number of amides is 3. The molecule has 3 atom stereocenters. The highest BCUT2D eigenvalue weighted by atomic mass is 35.5. The number of rotatable bonds is 10. The number of alkyl halides is 3. The minimum Gasteiger partial charge on any atom is -0.343 e. The molecule has 0 spiro atoms. The molecule has 3 unspecified atom stereocenters. The van der Waals surface area contributed by atoms with Crippen LogP contribution in [0.1, 0.15) is 30.4 Å². The summed E-state index contributed by atoms with van der Waals surface area (Å²) in [6, 6.07) is 11.1. The fourth-order valence-electron chi connectivity index (χ4n) is 4.59. The van der Waals surface area contributed by atoms with Crippen LogP contribution in [0.4, 0.5) is 18.9 Å². The summed E-state index contributed by atoms with van der Waals surface area (Å²) < 4.78 is 39.1. The molecule has 4 rings (SSSR count). The summed E-state index contributed by atoms with van der Waals surface area (Å²) in [6.07, 6.45) is -2.35. The minimum atomic E-state index is -4.51. The molecule has 3 aromatic rings. The van der Waals surface area contributed by atoms with E-state index in [0.29, 0.717) is 30.8 Å². The maximum Gasteiger partial charge on any atom is 0.416 e. The molecule has 0 radical (unpaired) electrons. The number of nitrogens with two attached hydrogens (primary N) is 1. The third-order valence-corrected chi connectivity index (χ3v) is 7.15. The molecule has 13 heteroatoms. The summed E-state index contributed by atoms with van der Waals surface area (Å²) in [4.78, 5) is 47.3. The molecule has 1 fully saturated rings. The lowest BCUT2D eigenvalue weighted by Crippen LogP contribution is -2.51. The zero-order valence-corrected chi connectivity index (χ0v) is 22.7. The Kier molecular flexibility index (Phi) is 9.79. The third kappa shape index (κ3) is 8.15. The van der Waals surface area contributed by atoms with Gasteiger partial charge in [-0.3, -0.25) is 19.4 Å². The van der Waals surface area contributed by atoms with Crippen LogP contribution in [0, 0.1) is 0 Å². The highest BCUT2D eigenvalue weighted by molar-refractivity contribution is 6.15. The Balaban J connectivity index is 1.47. The number of likely N-dealkylation sites (tertiary alicyclic amines) is 1. The Morgan fingerprint density at radius 1 is 1.07 bits per heavy atom. The summed E-state index contributed by atoms with van der Waals surface area (Å²) in [5, 5.41) is 6.14. The van der Waals surface area contributed by atoms with Crippen LogP contribution in [0.3, 0.4) is 0 Å². The normalized spacial score (nSPS) is 16.8. The summed E-state index contributed by atoms with van der Waals surface area (Å²) in [5.74, 6) is -1.41. The van der Waals surface area contributed by atoms with Crippen LogP contribution in [-0.2, 0) is 27.0 Å². The number of anilines is 1. The quantitative estimate of drug-likeness (QED) is 0.268. The van der Waals surface area contributed by atoms with Crippen molar-refractivity contribution < 1.29 is 27.6 Å². The first kappa shape index (κ1) is 30.2. The number of benzene rings is 2. The summed E-state index contributed by atoms with van der Waals surface area (Å²) >= 11 is 5.83. The Bertz CT molecular complexity index is 1390. The van der Waals surface area contributed by atoms with Crippen LogP contribution < -0.4 is 21.2 Å². The molecule has 0 saturated carbocycles. The van der Waals surface area contributed by atoms with Crippen LogP contribution >= 0.6 is 11.8 Å². The molecule has 9 nitrogen and oxygen atoms in total. The van der Waals surface area contributed by atoms with E-state index in [1.165, 1.54) is 18.3 Å². The molecule has 5 N–H and O–H groups in total. The van der Waals surface area contributed by atoms with E-state index < -0.39 is 35.6 Å². The molecule has 2 heterocycles. The molecule has 2 aromatic carbocycles. The number of nitrogens with one attached hydrogen (secondary N) is 3. The maximum atomic E-state index is 13.3. The van der Waals surface area contributed by atoms with Gasteiger partial charge >= 0.3 is 6.18 Å². The van der Waals surface area contributed by atoms with E-state index in [9.17, 15) is 27.6 Å². The maximum absolute atomic E-state index is 13.3. The van der Waals surface area contributed by atoms with Gasteiger partial charge in [-0.15, -0.1) is 0 Å². The van der Waals surface area contributed by atoms with Crippen molar-refractivity contribution in [2.45, 2.75) is 50.0 Å². The van der Waals surface area contributed by atoms with E-state index in [1.807, 2.05) is 24.3 Å². The smallest absolute Gasteiger partial charge is 0.343 e. The zero-order valence-electron chi connectivity index (χ0n) is 22.0. The second-order valence-corrected chi connectivity index (χ2v) is 10.2. The summed E-state index contributed by atoms with van der Waals surface area (Å²) in [7, 11) is 0. The first-order valence-corrected chi connectivity index (χ1v) is 13.4. The van der Waals surface area contributed by atoms with Crippen LogP contribution in [0.5, 0.6) is 0 Å². The van der Waals surface area contributed by atoms with Crippen molar-refractivity contribution in [3.05, 3.63) is 71.9 Å². The largest absolute Gasteiger partial charge is 0.416 e. The summed E-state index contributed by atoms with van der Waals surface area (Å²) in [6.45, 7) is 0.993. The van der Waals surface area contributed by atoms with Gasteiger partial charge < -0.3 is 21.3 Å². The van der Waals surface area contributed by atoms with E-state index in [-0.39, 0.29) is 31.2 Å². The van der Waals surface area contributed by atoms with Crippen molar-refractivity contribution in [3.8, 4) is 0 Å². The Morgan fingerprint density at radius 2 is 1.80 bits per heavy atom. The Hall–Kier alpha value is -3.74. The number of hydrogen-bond donors (Lipinski definition) is 4. The van der Waals surface area contributed by atoms with Crippen molar-refractivity contribution >= 4 is 46.1 Å². The predicted molar refractivity (Wildman–Crippen MR) is 149 cm³/mol. The topological polar surface area (TPSA) is 129 Å².